The van der Waals surface area contributed by atoms with Crippen LogP contribution >= 0.6 is 0 Å². The van der Waals surface area contributed by atoms with Gasteiger partial charge in [-0.05, 0) is 48.4 Å². The van der Waals surface area contributed by atoms with Crippen molar-refractivity contribution in [2.24, 2.45) is 17.6 Å². The predicted molar refractivity (Wildman–Crippen MR) is 74.5 cm³/mol. The van der Waals surface area contributed by atoms with Crippen LogP contribution in [0.25, 0.3) is 0 Å². The van der Waals surface area contributed by atoms with Crippen molar-refractivity contribution >= 4 is 5.69 Å². The first-order valence-electron chi connectivity index (χ1n) is 6.64. The molecule has 0 saturated carbocycles. The van der Waals surface area contributed by atoms with Crippen LogP contribution in [-0.4, -0.2) is 20.1 Å². The van der Waals surface area contributed by atoms with Crippen molar-refractivity contribution in [2.75, 3.05) is 25.0 Å². The maximum Gasteiger partial charge on any atom is 0.0397 e. The van der Waals surface area contributed by atoms with Gasteiger partial charge in [0.2, 0.25) is 0 Å². The van der Waals surface area contributed by atoms with Crippen molar-refractivity contribution in [2.45, 2.75) is 26.7 Å². The normalized spacial score (nSPS) is 16.4. The summed E-state index contributed by atoms with van der Waals surface area (Å²) in [6.45, 7) is 6.47. The van der Waals surface area contributed by atoms with E-state index in [0.717, 1.165) is 19.5 Å². The van der Waals surface area contributed by atoms with E-state index in [4.69, 9.17) is 5.73 Å². The van der Waals surface area contributed by atoms with Crippen molar-refractivity contribution in [1.29, 1.82) is 0 Å². The standard InChI is InChI=1S/C15H24N2/c1-11(2)14(10-16)9-12-4-5-15-13(8-12)6-7-17(15)3/h4-5,8,11,14H,6-7,9-10,16H2,1-3H3. The monoisotopic (exact) mass is 232 g/mol. The lowest BCUT2D eigenvalue weighted by atomic mass is 9.89. The molecule has 0 spiro atoms. The third-order valence-corrected chi connectivity index (χ3v) is 4.02. The molecule has 0 fully saturated rings. The van der Waals surface area contributed by atoms with Gasteiger partial charge in [-0.1, -0.05) is 26.0 Å². The van der Waals surface area contributed by atoms with Crippen LogP contribution < -0.4 is 10.6 Å². The van der Waals surface area contributed by atoms with E-state index in [2.05, 4.69) is 44.0 Å². The molecule has 0 radical (unpaired) electrons. The average molecular weight is 232 g/mol. The van der Waals surface area contributed by atoms with Gasteiger partial charge in [0.15, 0.2) is 0 Å². The molecule has 94 valence electrons. The Morgan fingerprint density at radius 1 is 1.35 bits per heavy atom. The fourth-order valence-corrected chi connectivity index (χ4v) is 2.64. The van der Waals surface area contributed by atoms with Gasteiger partial charge in [-0.3, -0.25) is 0 Å². The summed E-state index contributed by atoms with van der Waals surface area (Å²) in [7, 11) is 2.17. The molecule has 2 heteroatoms. The summed E-state index contributed by atoms with van der Waals surface area (Å²) in [5.41, 5.74) is 10.2. The van der Waals surface area contributed by atoms with Crippen molar-refractivity contribution < 1.29 is 0 Å². The minimum absolute atomic E-state index is 0.604. The zero-order valence-corrected chi connectivity index (χ0v) is 11.2. The lowest BCUT2D eigenvalue weighted by molar-refractivity contribution is 0.392. The van der Waals surface area contributed by atoms with Crippen LogP contribution in [0.4, 0.5) is 5.69 Å². The van der Waals surface area contributed by atoms with Gasteiger partial charge in [0.25, 0.3) is 0 Å². The number of nitrogens with two attached hydrogens (primary N) is 1. The quantitative estimate of drug-likeness (QED) is 0.864. The summed E-state index contributed by atoms with van der Waals surface area (Å²) >= 11 is 0. The molecule has 17 heavy (non-hydrogen) atoms. The molecule has 1 aliphatic rings. The molecule has 2 nitrogen and oxygen atoms in total. The summed E-state index contributed by atoms with van der Waals surface area (Å²) in [6, 6.07) is 6.92. The van der Waals surface area contributed by atoms with E-state index >= 15 is 0 Å². The Morgan fingerprint density at radius 2 is 2.12 bits per heavy atom. The third kappa shape index (κ3) is 2.63. The number of fused-ring (bicyclic) bond motifs is 1. The van der Waals surface area contributed by atoms with E-state index in [1.165, 1.54) is 23.2 Å². The molecule has 1 aromatic rings. The number of rotatable bonds is 4. The van der Waals surface area contributed by atoms with Crippen LogP contribution in [0.2, 0.25) is 0 Å². The zero-order valence-electron chi connectivity index (χ0n) is 11.2. The first-order chi connectivity index (χ1) is 8.11. The molecule has 2 N–H and O–H groups in total. The highest BCUT2D eigenvalue weighted by atomic mass is 15.1. The van der Waals surface area contributed by atoms with Crippen LogP contribution in [0.5, 0.6) is 0 Å². The molecule has 1 unspecified atom stereocenters. The van der Waals surface area contributed by atoms with E-state index in [1.54, 1.807) is 0 Å². The van der Waals surface area contributed by atoms with Crippen LogP contribution in [0.15, 0.2) is 18.2 Å². The van der Waals surface area contributed by atoms with Gasteiger partial charge in [-0.2, -0.15) is 0 Å². The SMILES string of the molecule is CC(C)C(CN)Cc1ccc2c(c1)CCN2C. The van der Waals surface area contributed by atoms with E-state index in [-0.39, 0.29) is 0 Å². The van der Waals surface area contributed by atoms with Gasteiger partial charge in [0.1, 0.15) is 0 Å². The van der Waals surface area contributed by atoms with Crippen LogP contribution in [0.3, 0.4) is 0 Å². The summed E-state index contributed by atoms with van der Waals surface area (Å²) in [6.07, 6.45) is 2.31. The Kier molecular flexibility index (Phi) is 3.72. The molecule has 1 heterocycles. The number of hydrogen-bond donors (Lipinski definition) is 1. The smallest absolute Gasteiger partial charge is 0.0397 e. The Balaban J connectivity index is 2.13. The minimum Gasteiger partial charge on any atom is -0.374 e. The van der Waals surface area contributed by atoms with Crippen molar-refractivity contribution in [1.82, 2.24) is 0 Å². The van der Waals surface area contributed by atoms with Gasteiger partial charge in [0.05, 0.1) is 0 Å². The minimum atomic E-state index is 0.604. The lowest BCUT2D eigenvalue weighted by Gasteiger charge is -2.19. The zero-order chi connectivity index (χ0) is 12.4. The molecule has 0 aliphatic carbocycles. The Morgan fingerprint density at radius 3 is 2.76 bits per heavy atom. The highest BCUT2D eigenvalue weighted by Gasteiger charge is 2.17. The van der Waals surface area contributed by atoms with E-state index in [9.17, 15) is 0 Å². The summed E-state index contributed by atoms with van der Waals surface area (Å²) in [4.78, 5) is 2.34. The highest BCUT2D eigenvalue weighted by Crippen LogP contribution is 2.28. The molecule has 1 atom stereocenters. The predicted octanol–water partition coefficient (Wildman–Crippen LogP) is 2.45. The van der Waals surface area contributed by atoms with Crippen LogP contribution in [0, 0.1) is 11.8 Å². The van der Waals surface area contributed by atoms with Crippen molar-refractivity contribution in [3.05, 3.63) is 29.3 Å². The summed E-state index contributed by atoms with van der Waals surface area (Å²) < 4.78 is 0. The number of nitrogens with zero attached hydrogens (tertiary/aromatic N) is 1. The summed E-state index contributed by atoms with van der Waals surface area (Å²) in [5, 5.41) is 0. The number of likely N-dealkylation sites (N-methyl/N-ethyl adjacent to an activating group) is 1. The van der Waals surface area contributed by atoms with Gasteiger partial charge >= 0.3 is 0 Å². The molecular weight excluding hydrogens is 208 g/mol. The third-order valence-electron chi connectivity index (χ3n) is 4.02. The second-order valence-corrected chi connectivity index (χ2v) is 5.58. The molecule has 2 rings (SSSR count). The van der Waals surface area contributed by atoms with Crippen LogP contribution in [-0.2, 0) is 12.8 Å². The first-order valence-corrected chi connectivity index (χ1v) is 6.64. The molecule has 1 aliphatic heterocycles. The molecule has 0 bridgehead atoms. The van der Waals surface area contributed by atoms with Crippen molar-refractivity contribution in [3.8, 4) is 0 Å². The maximum atomic E-state index is 5.85. The Bertz CT molecular complexity index is 385. The number of anilines is 1. The first kappa shape index (κ1) is 12.4. The number of benzene rings is 1. The Labute approximate surface area is 105 Å². The van der Waals surface area contributed by atoms with Gasteiger partial charge in [-0.15, -0.1) is 0 Å². The molecule has 1 aromatic carbocycles. The second-order valence-electron chi connectivity index (χ2n) is 5.58. The van der Waals surface area contributed by atoms with Gasteiger partial charge < -0.3 is 10.6 Å². The van der Waals surface area contributed by atoms with E-state index in [1.807, 2.05) is 0 Å². The fourth-order valence-electron chi connectivity index (χ4n) is 2.64. The second kappa shape index (κ2) is 5.09. The topological polar surface area (TPSA) is 29.3 Å². The average Bonchev–Trinajstić information content (AvgIpc) is 2.67. The van der Waals surface area contributed by atoms with Crippen molar-refractivity contribution in [3.63, 3.8) is 0 Å². The largest absolute Gasteiger partial charge is 0.374 e. The van der Waals surface area contributed by atoms with E-state index in [0.29, 0.717) is 11.8 Å². The highest BCUT2D eigenvalue weighted by molar-refractivity contribution is 5.58. The van der Waals surface area contributed by atoms with Gasteiger partial charge in [0, 0.05) is 19.3 Å². The Hall–Kier alpha value is -1.02. The maximum absolute atomic E-state index is 5.85. The molecular formula is C15H24N2. The lowest BCUT2D eigenvalue weighted by Crippen LogP contribution is -2.22. The molecule has 0 saturated heterocycles. The molecule has 0 amide bonds. The summed E-state index contributed by atoms with van der Waals surface area (Å²) in [5.74, 6) is 1.27. The fraction of sp³-hybridized carbons (Fsp3) is 0.600. The number of hydrogen-bond acceptors (Lipinski definition) is 2. The molecule has 0 aromatic heterocycles. The van der Waals surface area contributed by atoms with Gasteiger partial charge in [-0.25, -0.2) is 0 Å². The van der Waals surface area contributed by atoms with Crippen LogP contribution in [0.1, 0.15) is 25.0 Å². The van der Waals surface area contributed by atoms with E-state index < -0.39 is 0 Å².